The molecule has 0 bridgehead atoms. The van der Waals surface area contributed by atoms with E-state index in [-0.39, 0.29) is 23.1 Å². The van der Waals surface area contributed by atoms with E-state index in [2.05, 4.69) is 4.18 Å². The molecule has 0 amide bonds. The fourth-order valence-corrected chi connectivity index (χ4v) is 5.96. The molecule has 1 unspecified atom stereocenters. The molecule has 5 rings (SSSR count). The minimum Gasteiger partial charge on any atom is -0.453 e. The standard InChI is InChI=1S/C28H23ClF5NO4S/c1-13-7-15(12-29)5-6-16(13)23-18-8-17-14(2)11-27(3,4)35-21(17)10-22(18)38-25-19(23)9-20(30)26(24(25)31)39-40(36,37)28(32,33)34/h5-10,14H,11-12H2,1-4H3. The number of rotatable bonds is 4. The Bertz CT molecular complexity index is 1800. The van der Waals surface area contributed by atoms with Gasteiger partial charge < -0.3 is 8.92 Å². The first-order valence-corrected chi connectivity index (χ1v) is 14.1. The molecule has 0 aliphatic carbocycles. The van der Waals surface area contributed by atoms with Crippen molar-refractivity contribution >= 4 is 27.3 Å². The van der Waals surface area contributed by atoms with E-state index < -0.39 is 44.3 Å². The van der Waals surface area contributed by atoms with Crippen molar-refractivity contribution in [1.29, 1.82) is 0 Å². The summed E-state index contributed by atoms with van der Waals surface area (Å²) in [5, 5.41) is 1.09. The molecule has 1 atom stereocenters. The Hall–Kier alpha value is -3.18. The Kier molecular flexibility index (Phi) is 6.69. The van der Waals surface area contributed by atoms with Gasteiger partial charge in [0.1, 0.15) is 5.75 Å². The van der Waals surface area contributed by atoms with Crippen molar-refractivity contribution in [2.45, 2.75) is 57.0 Å². The van der Waals surface area contributed by atoms with Gasteiger partial charge >= 0.3 is 15.6 Å². The smallest absolute Gasteiger partial charge is 0.453 e. The van der Waals surface area contributed by atoms with E-state index in [1.165, 1.54) is 0 Å². The van der Waals surface area contributed by atoms with Gasteiger partial charge in [0, 0.05) is 28.3 Å². The van der Waals surface area contributed by atoms with Crippen LogP contribution in [0.3, 0.4) is 0 Å². The topological polar surface area (TPSA) is 65.0 Å². The van der Waals surface area contributed by atoms with Gasteiger partial charge in [0.05, 0.1) is 10.9 Å². The van der Waals surface area contributed by atoms with E-state index in [1.807, 2.05) is 32.9 Å². The number of hydrogen-bond acceptors (Lipinski definition) is 5. The number of ether oxygens (including phenoxy) is 1. The second kappa shape index (κ2) is 9.44. The number of aryl methyl sites for hydroxylation is 1. The third-order valence-electron chi connectivity index (χ3n) is 6.96. The molecule has 2 aliphatic rings. The number of halogens is 6. The molecular weight excluding hydrogens is 577 g/mol. The second-order valence-electron chi connectivity index (χ2n) is 10.6. The normalized spacial score (nSPS) is 17.8. The Morgan fingerprint density at radius 1 is 1.12 bits per heavy atom. The van der Waals surface area contributed by atoms with Crippen molar-refractivity contribution < 1.29 is 39.3 Å². The first-order chi connectivity index (χ1) is 18.5. The van der Waals surface area contributed by atoms with Crippen LogP contribution in [0.5, 0.6) is 17.2 Å². The molecule has 2 aliphatic heterocycles. The van der Waals surface area contributed by atoms with E-state index in [0.717, 1.165) is 17.5 Å². The first kappa shape index (κ1) is 28.4. The monoisotopic (exact) mass is 599 g/mol. The number of benzene rings is 3. The summed E-state index contributed by atoms with van der Waals surface area (Å²) in [6.07, 6.45) is 0.757. The van der Waals surface area contributed by atoms with Gasteiger partial charge in [0.2, 0.25) is 11.6 Å². The van der Waals surface area contributed by atoms with Crippen LogP contribution in [0.1, 0.15) is 60.9 Å². The molecule has 0 radical (unpaired) electrons. The SMILES string of the molecule is Cc1cc(CCl)ccc1C1=c2cc3c(cc2Oc2c1cc(F)c(OS(=O)(=O)C(F)(F)F)c2F)=NC(C)(C)CC3C. The minimum absolute atomic E-state index is 0.0898. The lowest BCUT2D eigenvalue weighted by Gasteiger charge is -2.30. The molecule has 3 aromatic rings. The Balaban J connectivity index is 1.85. The van der Waals surface area contributed by atoms with Crippen LogP contribution in [0.4, 0.5) is 22.0 Å². The summed E-state index contributed by atoms with van der Waals surface area (Å²) in [5.41, 5.74) is -3.10. The van der Waals surface area contributed by atoms with Crippen LogP contribution in [0, 0.1) is 18.6 Å². The summed E-state index contributed by atoms with van der Waals surface area (Å²) in [6.45, 7) is 7.76. The van der Waals surface area contributed by atoms with E-state index in [4.69, 9.17) is 21.3 Å². The van der Waals surface area contributed by atoms with Gasteiger partial charge in [-0.2, -0.15) is 26.0 Å². The number of hydrogen-bond donors (Lipinski definition) is 0. The maximum absolute atomic E-state index is 15.7. The van der Waals surface area contributed by atoms with Crippen molar-refractivity contribution in [1.82, 2.24) is 0 Å². The van der Waals surface area contributed by atoms with Gasteiger partial charge in [0.15, 0.2) is 11.6 Å². The van der Waals surface area contributed by atoms with Crippen molar-refractivity contribution in [2.24, 2.45) is 4.99 Å². The van der Waals surface area contributed by atoms with Gasteiger partial charge in [0.25, 0.3) is 0 Å². The van der Waals surface area contributed by atoms with Gasteiger partial charge in [-0.3, -0.25) is 4.99 Å². The third-order valence-corrected chi connectivity index (χ3v) is 8.22. The highest BCUT2D eigenvalue weighted by molar-refractivity contribution is 7.88. The molecule has 0 aromatic heterocycles. The average Bonchev–Trinajstić information content (AvgIpc) is 2.84. The lowest BCUT2D eigenvalue weighted by Crippen LogP contribution is -2.34. The highest BCUT2D eigenvalue weighted by Crippen LogP contribution is 2.44. The second-order valence-corrected chi connectivity index (χ2v) is 12.4. The number of nitrogens with zero attached hydrogens (tertiary/aromatic N) is 1. The van der Waals surface area contributed by atoms with Crippen LogP contribution in [-0.4, -0.2) is 19.5 Å². The van der Waals surface area contributed by atoms with E-state index in [9.17, 15) is 21.6 Å². The molecule has 2 heterocycles. The molecule has 0 fully saturated rings. The fourth-order valence-electron chi connectivity index (χ4n) is 5.33. The molecule has 0 N–H and O–H groups in total. The molecule has 3 aromatic carbocycles. The summed E-state index contributed by atoms with van der Waals surface area (Å²) in [5.74, 6) is -5.37. The summed E-state index contributed by atoms with van der Waals surface area (Å²) in [7, 11) is -6.36. The van der Waals surface area contributed by atoms with E-state index >= 15 is 8.78 Å². The molecular formula is C28H23ClF5NO4S. The fraction of sp³-hybridized carbons (Fsp3) is 0.321. The first-order valence-electron chi connectivity index (χ1n) is 12.2. The van der Waals surface area contributed by atoms with Crippen LogP contribution in [0.15, 0.2) is 41.4 Å². The lowest BCUT2D eigenvalue weighted by atomic mass is 9.82. The Labute approximate surface area is 232 Å². The predicted octanol–water partition coefficient (Wildman–Crippen LogP) is 6.50. The molecule has 212 valence electrons. The number of fused-ring (bicyclic) bond motifs is 3. The molecule has 0 saturated carbocycles. The van der Waals surface area contributed by atoms with Crippen LogP contribution in [-0.2, 0) is 16.0 Å². The maximum Gasteiger partial charge on any atom is 0.534 e. The maximum atomic E-state index is 15.7. The highest BCUT2D eigenvalue weighted by Gasteiger charge is 2.49. The summed E-state index contributed by atoms with van der Waals surface area (Å²) in [4.78, 5) is 4.77. The van der Waals surface area contributed by atoms with Crippen molar-refractivity contribution in [3.05, 3.63) is 86.4 Å². The van der Waals surface area contributed by atoms with Crippen LogP contribution < -0.4 is 19.5 Å². The van der Waals surface area contributed by atoms with Crippen molar-refractivity contribution in [2.75, 3.05) is 0 Å². The predicted molar refractivity (Wildman–Crippen MR) is 139 cm³/mol. The average molecular weight is 600 g/mol. The molecule has 0 saturated heterocycles. The summed E-state index contributed by atoms with van der Waals surface area (Å²) in [6, 6.07) is 9.44. The van der Waals surface area contributed by atoms with E-state index in [1.54, 1.807) is 25.1 Å². The van der Waals surface area contributed by atoms with Gasteiger partial charge in [-0.05, 0) is 67.5 Å². The summed E-state index contributed by atoms with van der Waals surface area (Å²) >= 11 is 5.98. The van der Waals surface area contributed by atoms with Crippen LogP contribution in [0.2, 0.25) is 0 Å². The molecule has 40 heavy (non-hydrogen) atoms. The largest absolute Gasteiger partial charge is 0.534 e. The van der Waals surface area contributed by atoms with Gasteiger partial charge in [-0.15, -0.1) is 11.6 Å². The molecule has 0 spiro atoms. The lowest BCUT2D eigenvalue weighted by molar-refractivity contribution is -0.0502. The molecule has 12 heteroatoms. The van der Waals surface area contributed by atoms with Crippen molar-refractivity contribution in [3.63, 3.8) is 0 Å². The van der Waals surface area contributed by atoms with Crippen molar-refractivity contribution in [3.8, 4) is 17.2 Å². The van der Waals surface area contributed by atoms with Crippen LogP contribution >= 0.6 is 11.6 Å². The Morgan fingerprint density at radius 2 is 1.82 bits per heavy atom. The zero-order valence-corrected chi connectivity index (χ0v) is 23.3. The van der Waals surface area contributed by atoms with Gasteiger partial charge in [-0.25, -0.2) is 4.39 Å². The third kappa shape index (κ3) is 4.72. The zero-order chi connectivity index (χ0) is 29.4. The Morgan fingerprint density at radius 3 is 2.45 bits per heavy atom. The highest BCUT2D eigenvalue weighted by atomic mass is 35.5. The minimum atomic E-state index is -6.36. The summed E-state index contributed by atoms with van der Waals surface area (Å²) < 4.78 is 103. The quantitative estimate of drug-likeness (QED) is 0.116. The number of alkyl halides is 4. The van der Waals surface area contributed by atoms with Crippen LogP contribution in [0.25, 0.3) is 5.57 Å². The molecule has 5 nitrogen and oxygen atoms in total. The zero-order valence-electron chi connectivity index (χ0n) is 21.7. The van der Waals surface area contributed by atoms with Gasteiger partial charge in [-0.1, -0.05) is 25.1 Å². The van der Waals surface area contributed by atoms with E-state index in [0.29, 0.717) is 33.3 Å².